The molecule has 0 saturated heterocycles. The van der Waals surface area contributed by atoms with Gasteiger partial charge in [-0.2, -0.15) is 5.26 Å². The van der Waals surface area contributed by atoms with Crippen LogP contribution in [0.2, 0.25) is 5.02 Å². The van der Waals surface area contributed by atoms with Gasteiger partial charge in [0.05, 0.1) is 16.3 Å². The molecule has 0 saturated carbocycles. The number of halogens is 1. The third kappa shape index (κ3) is 2.18. The maximum atomic E-state index is 9.20. The van der Waals surface area contributed by atoms with Gasteiger partial charge in [-0.25, -0.2) is 0 Å². The van der Waals surface area contributed by atoms with E-state index in [2.05, 4.69) is 16.4 Å². The molecule has 0 aliphatic carbocycles. The summed E-state index contributed by atoms with van der Waals surface area (Å²) in [6, 6.07) is 15.4. The van der Waals surface area contributed by atoms with E-state index in [1.807, 2.05) is 36.4 Å². The second-order valence-corrected chi connectivity index (χ2v) is 4.71. The molecule has 1 aromatic heterocycles. The van der Waals surface area contributed by atoms with Gasteiger partial charge in [-0.1, -0.05) is 29.8 Å². The van der Waals surface area contributed by atoms with Crippen LogP contribution in [-0.4, -0.2) is 4.98 Å². The summed E-state index contributed by atoms with van der Waals surface area (Å²) in [6.07, 6.45) is 3.56. The number of anilines is 2. The van der Waals surface area contributed by atoms with Gasteiger partial charge in [-0.15, -0.1) is 0 Å². The summed E-state index contributed by atoms with van der Waals surface area (Å²) in [6.45, 7) is 0. The van der Waals surface area contributed by atoms with Crippen molar-refractivity contribution < 1.29 is 0 Å². The standard InChI is InChI=1S/C16H10ClN3/c17-14-4-2-6-15(12(14)9-18)20-16-5-1-3-11-7-8-19-10-13(11)16/h1-8,10,20H. The van der Waals surface area contributed by atoms with Crippen LogP contribution in [-0.2, 0) is 0 Å². The molecule has 0 radical (unpaired) electrons. The van der Waals surface area contributed by atoms with Gasteiger partial charge in [0.1, 0.15) is 6.07 Å². The average molecular weight is 280 g/mol. The van der Waals surface area contributed by atoms with Crippen molar-refractivity contribution in [3.63, 3.8) is 0 Å². The summed E-state index contributed by atoms with van der Waals surface area (Å²) in [5, 5.41) is 15.0. The molecule has 2 aromatic carbocycles. The van der Waals surface area contributed by atoms with Crippen LogP contribution < -0.4 is 5.32 Å². The van der Waals surface area contributed by atoms with Crippen LogP contribution in [0, 0.1) is 11.3 Å². The topological polar surface area (TPSA) is 48.7 Å². The first-order chi connectivity index (χ1) is 9.79. The van der Waals surface area contributed by atoms with Crippen LogP contribution in [0.5, 0.6) is 0 Å². The molecule has 96 valence electrons. The zero-order valence-corrected chi connectivity index (χ0v) is 11.2. The van der Waals surface area contributed by atoms with Crippen molar-refractivity contribution in [1.82, 2.24) is 4.98 Å². The molecule has 0 atom stereocenters. The Balaban J connectivity index is 2.11. The van der Waals surface area contributed by atoms with E-state index in [-0.39, 0.29) is 0 Å². The molecule has 4 heteroatoms. The molecule has 3 rings (SSSR count). The van der Waals surface area contributed by atoms with Gasteiger partial charge >= 0.3 is 0 Å². The molecule has 1 heterocycles. The van der Waals surface area contributed by atoms with E-state index < -0.39 is 0 Å². The van der Waals surface area contributed by atoms with E-state index in [9.17, 15) is 5.26 Å². The molecule has 0 bridgehead atoms. The molecule has 1 N–H and O–H groups in total. The zero-order chi connectivity index (χ0) is 13.9. The fraction of sp³-hybridized carbons (Fsp3) is 0. The summed E-state index contributed by atoms with van der Waals surface area (Å²) in [7, 11) is 0. The zero-order valence-electron chi connectivity index (χ0n) is 10.5. The number of aromatic nitrogens is 1. The van der Waals surface area contributed by atoms with Gasteiger partial charge in [0.25, 0.3) is 0 Å². The molecule has 0 aliphatic rings. The number of rotatable bonds is 2. The molecular formula is C16H10ClN3. The Morgan fingerprint density at radius 3 is 2.70 bits per heavy atom. The van der Waals surface area contributed by atoms with E-state index in [0.717, 1.165) is 16.5 Å². The fourth-order valence-corrected chi connectivity index (χ4v) is 2.33. The molecule has 0 amide bonds. The van der Waals surface area contributed by atoms with Crippen LogP contribution in [0.1, 0.15) is 5.56 Å². The van der Waals surface area contributed by atoms with Crippen LogP contribution in [0.3, 0.4) is 0 Å². The maximum Gasteiger partial charge on any atom is 0.103 e. The smallest absolute Gasteiger partial charge is 0.103 e. The molecule has 0 spiro atoms. The van der Waals surface area contributed by atoms with Crippen molar-refractivity contribution >= 4 is 33.7 Å². The average Bonchev–Trinajstić information content (AvgIpc) is 2.48. The van der Waals surface area contributed by atoms with E-state index in [1.54, 1.807) is 18.5 Å². The monoisotopic (exact) mass is 279 g/mol. The van der Waals surface area contributed by atoms with Gasteiger partial charge < -0.3 is 5.32 Å². The molecule has 0 aliphatic heterocycles. The van der Waals surface area contributed by atoms with Crippen molar-refractivity contribution in [1.29, 1.82) is 5.26 Å². The Labute approximate surface area is 121 Å². The van der Waals surface area contributed by atoms with Crippen molar-refractivity contribution in [2.45, 2.75) is 0 Å². The quantitative estimate of drug-likeness (QED) is 0.751. The lowest BCUT2D eigenvalue weighted by Crippen LogP contribution is -1.95. The lowest BCUT2D eigenvalue weighted by Gasteiger charge is -2.11. The van der Waals surface area contributed by atoms with Gasteiger partial charge in [-0.05, 0) is 29.7 Å². The van der Waals surface area contributed by atoms with Gasteiger partial charge in [0.15, 0.2) is 0 Å². The highest BCUT2D eigenvalue weighted by Gasteiger charge is 2.08. The normalized spacial score (nSPS) is 10.2. The minimum Gasteiger partial charge on any atom is -0.354 e. The van der Waals surface area contributed by atoms with Crippen molar-refractivity contribution in [3.05, 3.63) is 65.4 Å². The van der Waals surface area contributed by atoms with E-state index >= 15 is 0 Å². The van der Waals surface area contributed by atoms with Gasteiger partial charge in [0.2, 0.25) is 0 Å². The molecule has 3 nitrogen and oxygen atoms in total. The summed E-state index contributed by atoms with van der Waals surface area (Å²) in [4.78, 5) is 4.14. The molecular weight excluding hydrogens is 270 g/mol. The fourth-order valence-electron chi connectivity index (χ4n) is 2.11. The number of nitrogens with one attached hydrogen (secondary N) is 1. The predicted octanol–water partition coefficient (Wildman–Crippen LogP) is 4.50. The largest absolute Gasteiger partial charge is 0.354 e. The number of fused-ring (bicyclic) bond motifs is 1. The third-order valence-electron chi connectivity index (χ3n) is 3.08. The number of hydrogen-bond acceptors (Lipinski definition) is 3. The molecule has 0 fully saturated rings. The Morgan fingerprint density at radius 1 is 1.05 bits per heavy atom. The van der Waals surface area contributed by atoms with Crippen LogP contribution in [0.25, 0.3) is 10.8 Å². The SMILES string of the molecule is N#Cc1c(Cl)cccc1Nc1cccc2ccncc12. The number of nitrogens with zero attached hydrogens (tertiary/aromatic N) is 2. The van der Waals surface area contributed by atoms with Crippen molar-refractivity contribution in [2.24, 2.45) is 0 Å². The Morgan fingerprint density at radius 2 is 1.85 bits per heavy atom. The number of nitriles is 1. The minimum atomic E-state index is 0.440. The summed E-state index contributed by atoms with van der Waals surface area (Å²) in [5.41, 5.74) is 2.03. The van der Waals surface area contributed by atoms with E-state index in [1.165, 1.54) is 0 Å². The first-order valence-corrected chi connectivity index (χ1v) is 6.46. The molecule has 0 unspecified atom stereocenters. The van der Waals surface area contributed by atoms with E-state index in [4.69, 9.17) is 11.6 Å². The highest BCUT2D eigenvalue weighted by Crippen LogP contribution is 2.29. The predicted molar refractivity (Wildman–Crippen MR) is 81.2 cm³/mol. The maximum absolute atomic E-state index is 9.20. The van der Waals surface area contributed by atoms with E-state index in [0.29, 0.717) is 16.3 Å². The lowest BCUT2D eigenvalue weighted by molar-refractivity contribution is 1.36. The van der Waals surface area contributed by atoms with Gasteiger partial charge in [0, 0.05) is 23.5 Å². The van der Waals surface area contributed by atoms with Crippen LogP contribution in [0.15, 0.2) is 54.9 Å². The number of pyridine rings is 1. The Hall–Kier alpha value is -2.57. The van der Waals surface area contributed by atoms with Crippen molar-refractivity contribution in [2.75, 3.05) is 5.32 Å². The highest BCUT2D eigenvalue weighted by molar-refractivity contribution is 6.32. The third-order valence-corrected chi connectivity index (χ3v) is 3.39. The number of benzene rings is 2. The number of hydrogen-bond donors (Lipinski definition) is 1. The Bertz CT molecular complexity index is 816. The molecule has 3 aromatic rings. The lowest BCUT2D eigenvalue weighted by atomic mass is 10.1. The first-order valence-electron chi connectivity index (χ1n) is 6.08. The second kappa shape index (κ2) is 5.20. The molecule has 20 heavy (non-hydrogen) atoms. The second-order valence-electron chi connectivity index (χ2n) is 4.30. The summed E-state index contributed by atoms with van der Waals surface area (Å²) >= 11 is 6.04. The van der Waals surface area contributed by atoms with Crippen molar-refractivity contribution in [3.8, 4) is 6.07 Å². The minimum absolute atomic E-state index is 0.440. The van der Waals surface area contributed by atoms with Crippen LogP contribution >= 0.6 is 11.6 Å². The summed E-state index contributed by atoms with van der Waals surface area (Å²) in [5.74, 6) is 0. The first kappa shape index (κ1) is 12.5. The summed E-state index contributed by atoms with van der Waals surface area (Å²) < 4.78 is 0. The Kier molecular flexibility index (Phi) is 3.24. The highest BCUT2D eigenvalue weighted by atomic mass is 35.5. The van der Waals surface area contributed by atoms with Gasteiger partial charge in [-0.3, -0.25) is 4.98 Å². The van der Waals surface area contributed by atoms with Crippen LogP contribution in [0.4, 0.5) is 11.4 Å².